The molecule has 5 N–H and O–H groups in total. The van der Waals surface area contributed by atoms with Crippen molar-refractivity contribution in [3.63, 3.8) is 0 Å². The molecule has 1 aromatic heterocycles. The molecule has 170 valence electrons. The van der Waals surface area contributed by atoms with Gasteiger partial charge in [0.15, 0.2) is 0 Å². The van der Waals surface area contributed by atoms with E-state index < -0.39 is 35.9 Å². The summed E-state index contributed by atoms with van der Waals surface area (Å²) in [6, 6.07) is 10.7. The number of anilines is 2. The summed E-state index contributed by atoms with van der Waals surface area (Å²) >= 11 is 0. The molecular weight excluding hydrogens is 426 g/mol. The summed E-state index contributed by atoms with van der Waals surface area (Å²) in [7, 11) is 0. The maximum absolute atomic E-state index is 12.4. The Balaban J connectivity index is 1.63. The molecule has 0 spiro atoms. The number of hydrogen-bond donors (Lipinski definition) is 3. The van der Waals surface area contributed by atoms with Crippen LogP contribution < -0.4 is 27.0 Å². The SMILES string of the molecule is C=C(CC(NC(=O)c1ccc(CCc2ccc3nc(N)nc(N)c3c2)cc1)C(=O)[O-])C(=O)[O-]. The van der Waals surface area contributed by atoms with Crippen LogP contribution in [0.2, 0.25) is 0 Å². The molecule has 0 aliphatic carbocycles. The maximum atomic E-state index is 12.4. The molecule has 3 aromatic rings. The zero-order valence-electron chi connectivity index (χ0n) is 17.5. The van der Waals surface area contributed by atoms with Crippen LogP contribution >= 0.6 is 0 Å². The zero-order chi connectivity index (χ0) is 24.1. The highest BCUT2D eigenvalue weighted by atomic mass is 16.4. The van der Waals surface area contributed by atoms with Crippen molar-refractivity contribution in [2.24, 2.45) is 0 Å². The number of aromatic nitrogens is 2. The van der Waals surface area contributed by atoms with Crippen LogP contribution in [-0.4, -0.2) is 33.9 Å². The highest BCUT2D eigenvalue weighted by Crippen LogP contribution is 2.21. The van der Waals surface area contributed by atoms with E-state index in [1.165, 1.54) is 0 Å². The summed E-state index contributed by atoms with van der Waals surface area (Å²) in [5.41, 5.74) is 13.9. The Morgan fingerprint density at radius 3 is 2.24 bits per heavy atom. The first-order chi connectivity index (χ1) is 15.6. The monoisotopic (exact) mass is 447 g/mol. The van der Waals surface area contributed by atoms with Gasteiger partial charge in [0.05, 0.1) is 23.5 Å². The third-order valence-corrected chi connectivity index (χ3v) is 5.05. The van der Waals surface area contributed by atoms with Crippen LogP contribution in [0.25, 0.3) is 10.9 Å². The number of nitrogen functional groups attached to an aromatic ring is 2. The molecule has 33 heavy (non-hydrogen) atoms. The Kier molecular flexibility index (Phi) is 6.87. The Bertz CT molecular complexity index is 1240. The lowest BCUT2D eigenvalue weighted by molar-refractivity contribution is -0.308. The number of amides is 1. The summed E-state index contributed by atoms with van der Waals surface area (Å²) < 4.78 is 0. The van der Waals surface area contributed by atoms with E-state index in [1.807, 2.05) is 18.2 Å². The summed E-state index contributed by atoms with van der Waals surface area (Å²) in [5, 5.41) is 24.9. The first-order valence-corrected chi connectivity index (χ1v) is 9.95. The summed E-state index contributed by atoms with van der Waals surface area (Å²) in [6.07, 6.45) is 0.849. The molecular formula is C23H21N5O5-2. The van der Waals surface area contributed by atoms with Crippen molar-refractivity contribution < 1.29 is 24.6 Å². The van der Waals surface area contributed by atoms with Gasteiger partial charge < -0.3 is 36.6 Å². The summed E-state index contributed by atoms with van der Waals surface area (Å²) in [4.78, 5) is 42.4. The molecule has 0 bridgehead atoms. The van der Waals surface area contributed by atoms with Gasteiger partial charge in [-0.15, -0.1) is 0 Å². The quantitative estimate of drug-likeness (QED) is 0.350. The predicted octanol–water partition coefficient (Wildman–Crippen LogP) is -0.876. The van der Waals surface area contributed by atoms with E-state index in [9.17, 15) is 24.6 Å². The Labute approximate surface area is 189 Å². The second kappa shape index (κ2) is 9.77. The standard InChI is InChI=1S/C23H23N5O5/c1-12(21(30)31)10-18(22(32)33)26-20(29)15-7-4-13(5-8-15)2-3-14-6-9-17-16(11-14)19(24)28-23(25)27-17/h4-9,11,18H,1-3,10H2,(H,26,29)(H,30,31)(H,32,33)(H4,24,25,27,28)/p-2. The highest BCUT2D eigenvalue weighted by Gasteiger charge is 2.16. The van der Waals surface area contributed by atoms with Crippen molar-refractivity contribution in [3.05, 3.63) is 71.3 Å². The van der Waals surface area contributed by atoms with Crippen LogP contribution in [-0.2, 0) is 22.4 Å². The number of aryl methyl sites for hydroxylation is 2. The topological polar surface area (TPSA) is 187 Å². The molecule has 2 aromatic carbocycles. The van der Waals surface area contributed by atoms with Crippen molar-refractivity contribution >= 4 is 40.5 Å². The minimum atomic E-state index is -1.62. The number of nitrogens with two attached hydrogens (primary N) is 2. The van der Waals surface area contributed by atoms with E-state index in [2.05, 4.69) is 21.9 Å². The lowest BCUT2D eigenvalue weighted by atomic mass is 10.0. The van der Waals surface area contributed by atoms with Gasteiger partial charge in [-0.25, -0.2) is 4.98 Å². The number of hydrogen-bond acceptors (Lipinski definition) is 9. The number of nitrogens with one attached hydrogen (secondary N) is 1. The fourth-order valence-corrected chi connectivity index (χ4v) is 3.25. The Hall–Kier alpha value is -4.47. The molecule has 1 heterocycles. The van der Waals surface area contributed by atoms with E-state index in [0.29, 0.717) is 24.2 Å². The van der Waals surface area contributed by atoms with Gasteiger partial charge in [0, 0.05) is 10.9 Å². The van der Waals surface area contributed by atoms with Crippen LogP contribution in [0.1, 0.15) is 27.9 Å². The van der Waals surface area contributed by atoms with Crippen LogP contribution in [0.5, 0.6) is 0 Å². The average molecular weight is 447 g/mol. The number of carbonyl (C=O) groups excluding carboxylic acids is 3. The van der Waals surface area contributed by atoms with Gasteiger partial charge in [-0.05, 0) is 60.2 Å². The van der Waals surface area contributed by atoms with Gasteiger partial charge in [-0.1, -0.05) is 24.8 Å². The van der Waals surface area contributed by atoms with Gasteiger partial charge in [0.2, 0.25) is 5.95 Å². The highest BCUT2D eigenvalue weighted by molar-refractivity contribution is 5.97. The average Bonchev–Trinajstić information content (AvgIpc) is 2.77. The minimum absolute atomic E-state index is 0.117. The van der Waals surface area contributed by atoms with Gasteiger partial charge in [0.1, 0.15) is 5.82 Å². The number of rotatable bonds is 9. The second-order valence-electron chi connectivity index (χ2n) is 7.46. The fourth-order valence-electron chi connectivity index (χ4n) is 3.25. The summed E-state index contributed by atoms with van der Waals surface area (Å²) in [6.45, 7) is 3.21. The number of carboxylic acids is 2. The van der Waals surface area contributed by atoms with Gasteiger partial charge in [-0.3, -0.25) is 4.79 Å². The van der Waals surface area contributed by atoms with E-state index in [-0.39, 0.29) is 11.5 Å². The molecule has 1 unspecified atom stereocenters. The Morgan fingerprint density at radius 1 is 0.970 bits per heavy atom. The lowest BCUT2D eigenvalue weighted by Crippen LogP contribution is -2.48. The molecule has 0 radical (unpaired) electrons. The van der Waals surface area contributed by atoms with Crippen LogP contribution in [0.4, 0.5) is 11.8 Å². The summed E-state index contributed by atoms with van der Waals surface area (Å²) in [5.74, 6) is -3.46. The van der Waals surface area contributed by atoms with Crippen molar-refractivity contribution in [1.29, 1.82) is 0 Å². The number of aliphatic carboxylic acids is 2. The molecule has 1 atom stereocenters. The van der Waals surface area contributed by atoms with Crippen molar-refractivity contribution in [2.45, 2.75) is 25.3 Å². The molecule has 3 rings (SSSR count). The van der Waals surface area contributed by atoms with Crippen LogP contribution in [0.3, 0.4) is 0 Å². The second-order valence-corrected chi connectivity index (χ2v) is 7.46. The molecule has 10 nitrogen and oxygen atoms in total. The molecule has 10 heteroatoms. The molecule has 0 aliphatic rings. The van der Waals surface area contributed by atoms with Crippen molar-refractivity contribution in [2.75, 3.05) is 11.5 Å². The largest absolute Gasteiger partial charge is 0.548 e. The molecule has 0 fully saturated rings. The molecule has 0 saturated carbocycles. The van der Waals surface area contributed by atoms with Gasteiger partial charge in [0.25, 0.3) is 5.91 Å². The number of nitrogens with zero attached hydrogens (tertiary/aromatic N) is 2. The van der Waals surface area contributed by atoms with E-state index >= 15 is 0 Å². The van der Waals surface area contributed by atoms with E-state index in [4.69, 9.17) is 11.5 Å². The number of benzene rings is 2. The third kappa shape index (κ3) is 5.82. The van der Waals surface area contributed by atoms with E-state index in [0.717, 1.165) is 16.5 Å². The van der Waals surface area contributed by atoms with Gasteiger partial charge >= 0.3 is 0 Å². The number of carboxylic acid groups (broad SMARTS) is 2. The number of carbonyl (C=O) groups is 3. The normalized spacial score (nSPS) is 11.6. The maximum Gasteiger partial charge on any atom is 0.251 e. The van der Waals surface area contributed by atoms with Crippen molar-refractivity contribution in [1.82, 2.24) is 15.3 Å². The van der Waals surface area contributed by atoms with Crippen molar-refractivity contribution in [3.8, 4) is 0 Å². The Morgan fingerprint density at radius 2 is 1.61 bits per heavy atom. The van der Waals surface area contributed by atoms with Crippen LogP contribution in [0, 0.1) is 0 Å². The first kappa shape index (κ1) is 23.2. The van der Waals surface area contributed by atoms with Crippen LogP contribution in [0.15, 0.2) is 54.6 Å². The number of fused-ring (bicyclic) bond motifs is 1. The smallest absolute Gasteiger partial charge is 0.251 e. The fraction of sp³-hybridized carbons (Fsp3) is 0.174. The van der Waals surface area contributed by atoms with E-state index in [1.54, 1.807) is 24.3 Å². The zero-order valence-corrected chi connectivity index (χ0v) is 17.5. The molecule has 0 aliphatic heterocycles. The molecule has 1 amide bonds. The minimum Gasteiger partial charge on any atom is -0.548 e. The third-order valence-electron chi connectivity index (χ3n) is 5.05. The van der Waals surface area contributed by atoms with Gasteiger partial charge in [-0.2, -0.15) is 4.98 Å². The predicted molar refractivity (Wildman–Crippen MR) is 117 cm³/mol. The lowest BCUT2D eigenvalue weighted by Gasteiger charge is -2.21. The first-order valence-electron chi connectivity index (χ1n) is 9.95. The molecule has 0 saturated heterocycles.